The fraction of sp³-hybridized carbons (Fsp3) is 0.700. The third-order valence-corrected chi connectivity index (χ3v) is 2.18. The Bertz CT molecular complexity index is 263. The highest BCUT2D eigenvalue weighted by Gasteiger charge is 2.05. The topological polar surface area (TPSA) is 40.7 Å². The quantitative estimate of drug-likeness (QED) is 0.748. The van der Waals surface area contributed by atoms with Crippen LogP contribution in [-0.4, -0.2) is 17.0 Å². The van der Waals surface area contributed by atoms with Crippen LogP contribution in [0.3, 0.4) is 0 Å². The Morgan fingerprint density at radius 3 is 2.62 bits per heavy atom. The monoisotopic (exact) mass is 181 g/mol. The number of aromatic amines is 1. The maximum absolute atomic E-state index is 4.43. The lowest BCUT2D eigenvalue weighted by Crippen LogP contribution is -1.94. The van der Waals surface area contributed by atoms with Gasteiger partial charge in [0.15, 0.2) is 5.95 Å². The lowest BCUT2D eigenvalue weighted by Gasteiger charge is -2.01. The van der Waals surface area contributed by atoms with Crippen LogP contribution in [0.15, 0.2) is 0 Å². The first-order valence-electron chi connectivity index (χ1n) is 4.86. The maximum Gasteiger partial charge on any atom is 0.200 e. The molecule has 0 aromatic carbocycles. The van der Waals surface area contributed by atoms with Gasteiger partial charge < -0.3 is 10.3 Å². The second-order valence-corrected chi connectivity index (χ2v) is 3.84. The van der Waals surface area contributed by atoms with Crippen molar-refractivity contribution in [2.24, 2.45) is 5.92 Å². The molecule has 1 rings (SSSR count). The van der Waals surface area contributed by atoms with Gasteiger partial charge >= 0.3 is 0 Å². The van der Waals surface area contributed by atoms with E-state index in [1.165, 1.54) is 17.8 Å². The number of imidazole rings is 1. The van der Waals surface area contributed by atoms with Crippen molar-refractivity contribution in [1.82, 2.24) is 9.97 Å². The zero-order valence-electron chi connectivity index (χ0n) is 8.94. The van der Waals surface area contributed by atoms with Gasteiger partial charge in [-0.25, -0.2) is 4.98 Å². The van der Waals surface area contributed by atoms with Crippen molar-refractivity contribution >= 4 is 5.95 Å². The first-order valence-corrected chi connectivity index (χ1v) is 4.86. The third kappa shape index (κ3) is 2.76. The Labute approximate surface area is 80.0 Å². The van der Waals surface area contributed by atoms with Crippen LogP contribution in [0.4, 0.5) is 5.95 Å². The minimum Gasteiger partial charge on any atom is -0.359 e. The number of aryl methyl sites for hydroxylation is 2. The van der Waals surface area contributed by atoms with Gasteiger partial charge in [-0.2, -0.15) is 0 Å². The average molecular weight is 181 g/mol. The lowest BCUT2D eigenvalue weighted by molar-refractivity contribution is 0.581. The number of nitrogens with zero attached hydrogens (tertiary/aromatic N) is 1. The van der Waals surface area contributed by atoms with Crippen LogP contribution in [0.2, 0.25) is 0 Å². The summed E-state index contributed by atoms with van der Waals surface area (Å²) < 4.78 is 0. The molecule has 0 bridgehead atoms. The Morgan fingerprint density at radius 2 is 2.15 bits per heavy atom. The number of H-pyrrole nitrogens is 1. The second kappa shape index (κ2) is 4.30. The summed E-state index contributed by atoms with van der Waals surface area (Å²) in [4.78, 5) is 7.63. The van der Waals surface area contributed by atoms with Crippen LogP contribution >= 0.6 is 0 Å². The van der Waals surface area contributed by atoms with Gasteiger partial charge in [0.2, 0.25) is 0 Å². The van der Waals surface area contributed by atoms with Crippen LogP contribution in [-0.2, 0) is 6.42 Å². The van der Waals surface area contributed by atoms with Crippen molar-refractivity contribution in [3.63, 3.8) is 0 Å². The summed E-state index contributed by atoms with van der Waals surface area (Å²) in [6.07, 6.45) is 2.27. The molecule has 0 atom stereocenters. The molecule has 0 aliphatic carbocycles. The van der Waals surface area contributed by atoms with E-state index in [2.05, 4.69) is 36.1 Å². The van der Waals surface area contributed by atoms with Crippen molar-refractivity contribution in [2.45, 2.75) is 33.6 Å². The molecule has 0 spiro atoms. The summed E-state index contributed by atoms with van der Waals surface area (Å²) in [6, 6.07) is 0. The Balaban J connectivity index is 2.60. The van der Waals surface area contributed by atoms with Crippen molar-refractivity contribution < 1.29 is 0 Å². The molecule has 13 heavy (non-hydrogen) atoms. The molecular formula is C10H19N3. The zero-order chi connectivity index (χ0) is 9.84. The Hall–Kier alpha value is -0.990. The smallest absolute Gasteiger partial charge is 0.200 e. The molecule has 3 heteroatoms. The van der Waals surface area contributed by atoms with Gasteiger partial charge in [0.1, 0.15) is 0 Å². The summed E-state index contributed by atoms with van der Waals surface area (Å²) in [7, 11) is 1.88. The summed E-state index contributed by atoms with van der Waals surface area (Å²) >= 11 is 0. The molecule has 74 valence electrons. The van der Waals surface area contributed by atoms with Crippen molar-refractivity contribution in [1.29, 1.82) is 0 Å². The van der Waals surface area contributed by atoms with E-state index >= 15 is 0 Å². The van der Waals surface area contributed by atoms with Gasteiger partial charge in [0, 0.05) is 12.7 Å². The third-order valence-electron chi connectivity index (χ3n) is 2.18. The standard InChI is InChI=1S/C10H19N3/c1-7(2)5-6-9-8(3)12-10(11-4)13-9/h7H,5-6H2,1-4H3,(H2,11,12,13). The van der Waals surface area contributed by atoms with Crippen LogP contribution in [0.25, 0.3) is 0 Å². The van der Waals surface area contributed by atoms with Crippen molar-refractivity contribution in [2.75, 3.05) is 12.4 Å². The van der Waals surface area contributed by atoms with E-state index in [1.54, 1.807) is 0 Å². The Kier molecular flexibility index (Phi) is 3.34. The molecule has 1 heterocycles. The summed E-state index contributed by atoms with van der Waals surface area (Å²) in [5, 5.41) is 3.01. The second-order valence-electron chi connectivity index (χ2n) is 3.84. The van der Waals surface area contributed by atoms with Crippen LogP contribution in [0, 0.1) is 12.8 Å². The first-order chi connectivity index (χ1) is 6.13. The number of rotatable bonds is 4. The minimum absolute atomic E-state index is 0.745. The summed E-state index contributed by atoms with van der Waals surface area (Å²) in [5.41, 5.74) is 2.38. The van der Waals surface area contributed by atoms with E-state index in [4.69, 9.17) is 0 Å². The van der Waals surface area contributed by atoms with Crippen LogP contribution < -0.4 is 5.32 Å². The molecule has 0 aliphatic rings. The predicted molar refractivity (Wildman–Crippen MR) is 56.0 cm³/mol. The van der Waals surface area contributed by atoms with Crippen LogP contribution in [0.5, 0.6) is 0 Å². The van der Waals surface area contributed by atoms with Crippen molar-refractivity contribution in [3.8, 4) is 0 Å². The molecule has 0 saturated carbocycles. The minimum atomic E-state index is 0.745. The van der Waals surface area contributed by atoms with E-state index in [1.807, 2.05) is 7.05 Å². The number of anilines is 1. The van der Waals surface area contributed by atoms with E-state index in [0.717, 1.165) is 18.3 Å². The largest absolute Gasteiger partial charge is 0.359 e. The molecule has 0 saturated heterocycles. The average Bonchev–Trinajstić information content (AvgIpc) is 2.43. The van der Waals surface area contributed by atoms with Gasteiger partial charge in [-0.1, -0.05) is 13.8 Å². The van der Waals surface area contributed by atoms with Crippen LogP contribution in [0.1, 0.15) is 31.7 Å². The molecule has 0 amide bonds. The molecule has 0 unspecified atom stereocenters. The van der Waals surface area contributed by atoms with Gasteiger partial charge in [-0.3, -0.25) is 0 Å². The molecular weight excluding hydrogens is 162 g/mol. The van der Waals surface area contributed by atoms with Crippen molar-refractivity contribution in [3.05, 3.63) is 11.4 Å². The summed E-state index contributed by atoms with van der Waals surface area (Å²) in [6.45, 7) is 6.55. The van der Waals surface area contributed by atoms with E-state index in [9.17, 15) is 0 Å². The number of hydrogen-bond acceptors (Lipinski definition) is 2. The zero-order valence-corrected chi connectivity index (χ0v) is 8.94. The molecule has 2 N–H and O–H groups in total. The molecule has 1 aromatic heterocycles. The Morgan fingerprint density at radius 1 is 1.46 bits per heavy atom. The number of hydrogen-bond donors (Lipinski definition) is 2. The predicted octanol–water partition coefficient (Wildman–Crippen LogP) is 2.35. The van der Waals surface area contributed by atoms with Gasteiger partial charge in [-0.05, 0) is 25.7 Å². The van der Waals surface area contributed by atoms with Gasteiger partial charge in [0.05, 0.1) is 5.69 Å². The van der Waals surface area contributed by atoms with Gasteiger partial charge in [-0.15, -0.1) is 0 Å². The normalized spacial score (nSPS) is 10.8. The molecule has 0 radical (unpaired) electrons. The fourth-order valence-corrected chi connectivity index (χ4v) is 1.28. The molecule has 3 nitrogen and oxygen atoms in total. The highest BCUT2D eigenvalue weighted by Crippen LogP contribution is 2.13. The summed E-state index contributed by atoms with van der Waals surface area (Å²) in [5.74, 6) is 1.62. The lowest BCUT2D eigenvalue weighted by atomic mass is 10.1. The molecule has 0 fully saturated rings. The molecule has 0 aliphatic heterocycles. The number of nitrogens with one attached hydrogen (secondary N) is 2. The maximum atomic E-state index is 4.43. The van der Waals surface area contributed by atoms with E-state index in [-0.39, 0.29) is 0 Å². The van der Waals surface area contributed by atoms with E-state index < -0.39 is 0 Å². The highest BCUT2D eigenvalue weighted by atomic mass is 15.1. The SMILES string of the molecule is CNc1nc(CCC(C)C)c(C)[nH]1. The highest BCUT2D eigenvalue weighted by molar-refractivity contribution is 5.29. The first kappa shape index (κ1) is 10.1. The fourth-order valence-electron chi connectivity index (χ4n) is 1.28. The van der Waals surface area contributed by atoms with Gasteiger partial charge in [0.25, 0.3) is 0 Å². The molecule has 1 aromatic rings. The van der Waals surface area contributed by atoms with E-state index in [0.29, 0.717) is 0 Å². The number of aromatic nitrogens is 2.